The molecule has 0 amide bonds. The van der Waals surface area contributed by atoms with Crippen LogP contribution < -0.4 is 0 Å². The average Bonchev–Trinajstić information content (AvgIpc) is 2.68. The molecule has 0 aliphatic carbocycles. The zero-order chi connectivity index (χ0) is 22.0. The molecule has 172 valence electrons. The Bertz CT molecular complexity index is 426. The molecule has 0 aromatic heterocycles. The Kier molecular flexibility index (Phi) is 17.0. The van der Waals surface area contributed by atoms with Crippen molar-refractivity contribution in [1.82, 2.24) is 0 Å². The number of hydrogen-bond acceptors (Lipinski definition) is 4. The summed E-state index contributed by atoms with van der Waals surface area (Å²) < 4.78 is 11.4. The number of ether oxygens (including phenoxy) is 2. The summed E-state index contributed by atoms with van der Waals surface area (Å²) >= 11 is 0. The maximum atomic E-state index is 12.1. The molecule has 0 saturated carbocycles. The number of carboxylic acids is 2. The number of unbranched alkanes of at least 4 members (excludes halogenated alkanes) is 6. The van der Waals surface area contributed by atoms with Crippen molar-refractivity contribution in [2.75, 3.05) is 26.4 Å². The van der Waals surface area contributed by atoms with Crippen LogP contribution in [0.5, 0.6) is 0 Å². The van der Waals surface area contributed by atoms with Crippen molar-refractivity contribution in [1.29, 1.82) is 0 Å². The van der Waals surface area contributed by atoms with Crippen LogP contribution in [0.1, 0.15) is 97.8 Å². The van der Waals surface area contributed by atoms with Crippen LogP contribution in [0.2, 0.25) is 0 Å². The van der Waals surface area contributed by atoms with Crippen LogP contribution >= 0.6 is 0 Å². The summed E-state index contributed by atoms with van der Waals surface area (Å²) in [5, 5.41) is 19.0. The second-order valence-electron chi connectivity index (χ2n) is 8.24. The maximum absolute atomic E-state index is 12.1. The molecule has 0 aromatic carbocycles. The van der Waals surface area contributed by atoms with Crippen molar-refractivity contribution in [2.24, 2.45) is 11.3 Å². The molecule has 2 N–H and O–H groups in total. The number of carboxylic acid groups (broad SMARTS) is 2. The lowest BCUT2D eigenvalue weighted by Gasteiger charge is -2.34. The topological polar surface area (TPSA) is 93.1 Å². The predicted octanol–water partition coefficient (Wildman–Crippen LogP) is 5.53. The van der Waals surface area contributed by atoms with Crippen molar-refractivity contribution in [3.05, 3.63) is 0 Å². The molecule has 0 saturated heterocycles. The first-order chi connectivity index (χ1) is 13.9. The lowest BCUT2D eigenvalue weighted by molar-refractivity contribution is -0.154. The van der Waals surface area contributed by atoms with Crippen LogP contribution in [0.15, 0.2) is 0 Å². The van der Waals surface area contributed by atoms with E-state index in [4.69, 9.17) is 14.6 Å². The summed E-state index contributed by atoms with van der Waals surface area (Å²) in [5.41, 5.74) is -1.01. The fourth-order valence-corrected chi connectivity index (χ4v) is 3.54. The summed E-state index contributed by atoms with van der Waals surface area (Å²) in [6.45, 7) is 8.23. The fourth-order valence-electron chi connectivity index (χ4n) is 3.54. The fraction of sp³-hybridized carbons (Fsp3) is 0.913. The Morgan fingerprint density at radius 3 is 1.83 bits per heavy atom. The Hall–Kier alpha value is -1.14. The molecule has 2 unspecified atom stereocenters. The Morgan fingerprint density at radius 2 is 1.34 bits per heavy atom. The molecule has 0 heterocycles. The third kappa shape index (κ3) is 13.7. The lowest BCUT2D eigenvalue weighted by Crippen LogP contribution is -2.38. The van der Waals surface area contributed by atoms with Crippen LogP contribution in [0.25, 0.3) is 0 Å². The molecule has 0 fully saturated rings. The van der Waals surface area contributed by atoms with E-state index in [9.17, 15) is 14.7 Å². The summed E-state index contributed by atoms with van der Waals surface area (Å²) in [6.07, 6.45) is 10.3. The molecule has 0 rings (SSSR count). The number of carbonyl (C=O) groups is 2. The van der Waals surface area contributed by atoms with E-state index in [1.165, 1.54) is 25.7 Å². The molecular formula is C23H44O6. The largest absolute Gasteiger partial charge is 0.481 e. The minimum atomic E-state index is -1.01. The Balaban J connectivity index is 4.59. The van der Waals surface area contributed by atoms with Gasteiger partial charge in [0.25, 0.3) is 0 Å². The van der Waals surface area contributed by atoms with E-state index in [2.05, 4.69) is 13.8 Å². The SMILES string of the molecule is CCCCCCOCCC(CCC(=O)O)C(C)(CCOCCCCCC)C(=O)O. The first-order valence-electron chi connectivity index (χ1n) is 11.5. The smallest absolute Gasteiger partial charge is 0.309 e. The predicted molar refractivity (Wildman–Crippen MR) is 115 cm³/mol. The Morgan fingerprint density at radius 1 is 0.793 bits per heavy atom. The quantitative estimate of drug-likeness (QED) is 0.239. The average molecular weight is 417 g/mol. The van der Waals surface area contributed by atoms with Crippen molar-refractivity contribution < 1.29 is 29.3 Å². The van der Waals surface area contributed by atoms with Gasteiger partial charge in [0.1, 0.15) is 0 Å². The first kappa shape index (κ1) is 27.9. The minimum Gasteiger partial charge on any atom is -0.481 e. The van der Waals surface area contributed by atoms with Gasteiger partial charge in [-0.25, -0.2) is 0 Å². The van der Waals surface area contributed by atoms with Gasteiger partial charge < -0.3 is 19.7 Å². The van der Waals surface area contributed by atoms with E-state index in [1.54, 1.807) is 6.92 Å². The van der Waals surface area contributed by atoms with Crippen molar-refractivity contribution in [3.8, 4) is 0 Å². The van der Waals surface area contributed by atoms with Crippen LogP contribution in [-0.4, -0.2) is 48.6 Å². The van der Waals surface area contributed by atoms with Gasteiger partial charge in [-0.1, -0.05) is 52.4 Å². The van der Waals surface area contributed by atoms with E-state index < -0.39 is 17.4 Å². The van der Waals surface area contributed by atoms with Crippen molar-refractivity contribution in [3.63, 3.8) is 0 Å². The summed E-state index contributed by atoms with van der Waals surface area (Å²) in [5.74, 6) is -2.03. The highest BCUT2D eigenvalue weighted by atomic mass is 16.5. The van der Waals surface area contributed by atoms with Crippen LogP contribution in [0.4, 0.5) is 0 Å². The summed E-state index contributed by atoms with van der Waals surface area (Å²) in [6, 6.07) is 0. The van der Waals surface area contributed by atoms with Gasteiger partial charge in [0.2, 0.25) is 0 Å². The lowest BCUT2D eigenvalue weighted by atomic mass is 9.71. The highest BCUT2D eigenvalue weighted by Crippen LogP contribution is 2.37. The van der Waals surface area contributed by atoms with E-state index >= 15 is 0 Å². The standard InChI is InChI=1S/C23H44O6/c1-4-6-8-10-16-28-18-14-20(12-13-21(24)25)23(3,22(26)27)15-19-29-17-11-9-7-5-2/h20H,4-19H2,1-3H3,(H,24,25)(H,26,27). The highest BCUT2D eigenvalue weighted by molar-refractivity contribution is 5.74. The van der Waals surface area contributed by atoms with Gasteiger partial charge in [-0.15, -0.1) is 0 Å². The maximum Gasteiger partial charge on any atom is 0.309 e. The van der Waals surface area contributed by atoms with Gasteiger partial charge in [-0.3, -0.25) is 9.59 Å². The van der Waals surface area contributed by atoms with E-state index in [0.29, 0.717) is 45.7 Å². The number of aliphatic carboxylic acids is 2. The Labute approximate surface area is 177 Å². The van der Waals surface area contributed by atoms with Crippen molar-refractivity contribution >= 4 is 11.9 Å². The normalized spacial score (nSPS) is 14.4. The number of hydrogen-bond donors (Lipinski definition) is 2. The molecule has 29 heavy (non-hydrogen) atoms. The molecule has 0 aromatic rings. The van der Waals surface area contributed by atoms with Crippen LogP contribution in [0, 0.1) is 11.3 Å². The zero-order valence-corrected chi connectivity index (χ0v) is 18.9. The molecular weight excluding hydrogens is 372 g/mol. The van der Waals surface area contributed by atoms with Gasteiger partial charge >= 0.3 is 11.9 Å². The van der Waals surface area contributed by atoms with E-state index in [1.807, 2.05) is 0 Å². The molecule has 6 heteroatoms. The van der Waals surface area contributed by atoms with Crippen molar-refractivity contribution in [2.45, 2.75) is 97.8 Å². The summed E-state index contributed by atoms with van der Waals surface area (Å²) in [4.78, 5) is 23.1. The van der Waals surface area contributed by atoms with E-state index in [-0.39, 0.29) is 12.3 Å². The zero-order valence-electron chi connectivity index (χ0n) is 18.9. The van der Waals surface area contributed by atoms with Gasteiger partial charge in [0, 0.05) is 32.8 Å². The number of rotatable bonds is 21. The van der Waals surface area contributed by atoms with E-state index in [0.717, 1.165) is 25.7 Å². The molecule has 0 aliphatic heterocycles. The molecule has 0 spiro atoms. The molecule has 0 aliphatic rings. The van der Waals surface area contributed by atoms with Crippen LogP contribution in [0.3, 0.4) is 0 Å². The second kappa shape index (κ2) is 17.7. The molecule has 6 nitrogen and oxygen atoms in total. The second-order valence-corrected chi connectivity index (χ2v) is 8.24. The molecule has 0 radical (unpaired) electrons. The molecule has 2 atom stereocenters. The monoisotopic (exact) mass is 416 g/mol. The van der Waals surface area contributed by atoms with Gasteiger partial charge in [-0.05, 0) is 44.9 Å². The summed E-state index contributed by atoms with van der Waals surface area (Å²) in [7, 11) is 0. The first-order valence-corrected chi connectivity index (χ1v) is 11.5. The van der Waals surface area contributed by atoms with Gasteiger partial charge in [0.05, 0.1) is 5.41 Å². The van der Waals surface area contributed by atoms with Gasteiger partial charge in [0.15, 0.2) is 0 Å². The minimum absolute atomic E-state index is 0.0259. The van der Waals surface area contributed by atoms with Crippen LogP contribution in [-0.2, 0) is 19.1 Å². The highest BCUT2D eigenvalue weighted by Gasteiger charge is 2.40. The third-order valence-electron chi connectivity index (χ3n) is 5.76. The third-order valence-corrected chi connectivity index (χ3v) is 5.76. The molecule has 0 bridgehead atoms. The van der Waals surface area contributed by atoms with Gasteiger partial charge in [-0.2, -0.15) is 0 Å².